The molecule has 0 aromatic carbocycles. The minimum absolute atomic E-state index is 0.00345. The van der Waals surface area contributed by atoms with E-state index >= 15 is 0 Å². The van der Waals surface area contributed by atoms with Crippen LogP contribution in [-0.4, -0.2) is 52.4 Å². The van der Waals surface area contributed by atoms with Crippen LogP contribution in [0.4, 0.5) is 5.82 Å². The number of nitrogens with zero attached hydrogens (tertiary/aromatic N) is 3. The molecule has 3 heterocycles. The highest BCUT2D eigenvalue weighted by Crippen LogP contribution is 2.25. The van der Waals surface area contributed by atoms with Gasteiger partial charge < -0.3 is 10.6 Å². The Morgan fingerprint density at radius 1 is 1.38 bits per heavy atom. The summed E-state index contributed by atoms with van der Waals surface area (Å²) in [6.45, 7) is 5.00. The first-order valence-corrected chi connectivity index (χ1v) is 7.90. The lowest BCUT2D eigenvalue weighted by Crippen LogP contribution is -2.60. The monoisotopic (exact) mass is 308 g/mol. The van der Waals surface area contributed by atoms with E-state index in [1.54, 1.807) is 12.1 Å². The molecule has 0 bridgehead atoms. The van der Waals surface area contributed by atoms with E-state index in [1.165, 1.54) is 19.3 Å². The van der Waals surface area contributed by atoms with Crippen molar-refractivity contribution in [2.24, 2.45) is 0 Å². The topological polar surface area (TPSA) is 62.5 Å². The van der Waals surface area contributed by atoms with Crippen molar-refractivity contribution >= 4 is 23.3 Å². The zero-order chi connectivity index (χ0) is 15.0. The van der Waals surface area contributed by atoms with Crippen LogP contribution in [0.1, 0.15) is 36.5 Å². The molecule has 2 aliphatic rings. The first-order valence-electron chi connectivity index (χ1n) is 7.52. The summed E-state index contributed by atoms with van der Waals surface area (Å²) < 4.78 is 0. The summed E-state index contributed by atoms with van der Waals surface area (Å²) in [4.78, 5) is 21.1. The fourth-order valence-electron chi connectivity index (χ4n) is 3.44. The summed E-state index contributed by atoms with van der Waals surface area (Å²) in [5, 5.41) is 0.266. The van der Waals surface area contributed by atoms with Crippen molar-refractivity contribution in [3.8, 4) is 0 Å². The Labute approximate surface area is 130 Å². The van der Waals surface area contributed by atoms with Crippen molar-refractivity contribution in [2.75, 3.05) is 25.4 Å². The molecule has 2 atom stereocenters. The number of carbonyl (C=O) groups is 1. The molecular weight excluding hydrogens is 288 g/mol. The zero-order valence-electron chi connectivity index (χ0n) is 12.3. The number of aromatic nitrogens is 1. The third kappa shape index (κ3) is 2.99. The van der Waals surface area contributed by atoms with Crippen LogP contribution in [0.25, 0.3) is 0 Å². The highest BCUT2D eigenvalue weighted by atomic mass is 35.5. The number of rotatable bonds is 1. The van der Waals surface area contributed by atoms with Crippen molar-refractivity contribution < 1.29 is 4.79 Å². The van der Waals surface area contributed by atoms with E-state index in [-0.39, 0.29) is 22.9 Å². The van der Waals surface area contributed by atoms with Gasteiger partial charge in [0.25, 0.3) is 5.91 Å². The fourth-order valence-corrected chi connectivity index (χ4v) is 3.66. The normalized spacial score (nSPS) is 26.5. The van der Waals surface area contributed by atoms with Gasteiger partial charge in [0.2, 0.25) is 0 Å². The average molecular weight is 309 g/mol. The van der Waals surface area contributed by atoms with Crippen LogP contribution in [-0.2, 0) is 0 Å². The van der Waals surface area contributed by atoms with E-state index in [9.17, 15) is 4.79 Å². The van der Waals surface area contributed by atoms with Crippen LogP contribution in [0.2, 0.25) is 5.15 Å². The molecule has 2 fully saturated rings. The molecule has 0 aliphatic carbocycles. The maximum absolute atomic E-state index is 12.8. The molecule has 5 nitrogen and oxygen atoms in total. The minimum Gasteiger partial charge on any atom is -0.384 e. The standard InChI is InChI=1S/C15H21ClN4O/c1-10-8-19-5-3-2-4-12(19)9-20(10)15(21)11-6-13(16)18-14(17)7-11/h6-7,10,12H,2-5,8-9H2,1H3,(H2,17,18). The average Bonchev–Trinajstić information content (AvgIpc) is 2.44. The lowest BCUT2D eigenvalue weighted by atomic mass is 9.96. The van der Waals surface area contributed by atoms with E-state index < -0.39 is 0 Å². The number of fused-ring (bicyclic) bond motifs is 1. The van der Waals surface area contributed by atoms with Gasteiger partial charge in [0.15, 0.2) is 0 Å². The maximum atomic E-state index is 12.8. The molecule has 0 saturated carbocycles. The van der Waals surface area contributed by atoms with Gasteiger partial charge >= 0.3 is 0 Å². The molecule has 0 spiro atoms. The van der Waals surface area contributed by atoms with Gasteiger partial charge in [0.05, 0.1) is 0 Å². The van der Waals surface area contributed by atoms with Gasteiger partial charge in [0, 0.05) is 30.7 Å². The van der Waals surface area contributed by atoms with E-state index in [2.05, 4.69) is 16.8 Å². The largest absolute Gasteiger partial charge is 0.384 e. The fraction of sp³-hybridized carbons (Fsp3) is 0.600. The van der Waals surface area contributed by atoms with Crippen LogP contribution in [0.15, 0.2) is 12.1 Å². The van der Waals surface area contributed by atoms with Gasteiger partial charge in [-0.2, -0.15) is 0 Å². The summed E-state index contributed by atoms with van der Waals surface area (Å²) >= 11 is 5.91. The van der Waals surface area contributed by atoms with E-state index in [0.29, 0.717) is 11.6 Å². The number of anilines is 1. The molecule has 21 heavy (non-hydrogen) atoms. The summed E-state index contributed by atoms with van der Waals surface area (Å²) in [5.41, 5.74) is 6.22. The van der Waals surface area contributed by atoms with Crippen molar-refractivity contribution in [3.63, 3.8) is 0 Å². The van der Waals surface area contributed by atoms with Crippen molar-refractivity contribution in [1.82, 2.24) is 14.8 Å². The zero-order valence-corrected chi connectivity index (χ0v) is 13.0. The summed E-state index contributed by atoms with van der Waals surface area (Å²) in [6, 6.07) is 3.91. The van der Waals surface area contributed by atoms with Crippen LogP contribution < -0.4 is 5.73 Å². The van der Waals surface area contributed by atoms with Crippen molar-refractivity contribution in [2.45, 2.75) is 38.3 Å². The molecule has 2 saturated heterocycles. The second-order valence-electron chi connectivity index (χ2n) is 6.05. The lowest BCUT2D eigenvalue weighted by Gasteiger charge is -2.47. The SMILES string of the molecule is CC1CN2CCCCC2CN1C(=O)c1cc(N)nc(Cl)c1. The first-order chi connectivity index (χ1) is 10.0. The van der Waals surface area contributed by atoms with E-state index in [0.717, 1.165) is 19.6 Å². The number of piperazine rings is 1. The quantitative estimate of drug-likeness (QED) is 0.806. The summed E-state index contributed by atoms with van der Waals surface area (Å²) in [6.07, 6.45) is 3.70. The Morgan fingerprint density at radius 2 is 2.19 bits per heavy atom. The molecule has 2 unspecified atom stereocenters. The summed E-state index contributed by atoms with van der Waals surface area (Å²) in [7, 11) is 0. The Kier molecular flexibility index (Phi) is 4.04. The molecule has 0 radical (unpaired) electrons. The smallest absolute Gasteiger partial charge is 0.254 e. The molecule has 2 aliphatic heterocycles. The third-order valence-electron chi connectivity index (χ3n) is 4.51. The lowest BCUT2D eigenvalue weighted by molar-refractivity contribution is 0.0151. The van der Waals surface area contributed by atoms with Crippen LogP contribution >= 0.6 is 11.6 Å². The van der Waals surface area contributed by atoms with Crippen LogP contribution in [0, 0.1) is 0 Å². The number of amides is 1. The Hall–Kier alpha value is -1.33. The molecule has 114 valence electrons. The predicted octanol–water partition coefficient (Wildman–Crippen LogP) is 2.02. The number of nitrogens with two attached hydrogens (primary N) is 1. The van der Waals surface area contributed by atoms with Gasteiger partial charge in [-0.1, -0.05) is 18.0 Å². The summed E-state index contributed by atoms with van der Waals surface area (Å²) in [5.74, 6) is 0.290. The number of piperidine rings is 1. The second kappa shape index (κ2) is 5.81. The molecule has 3 rings (SSSR count). The van der Waals surface area contributed by atoms with Gasteiger partial charge in [-0.25, -0.2) is 4.98 Å². The van der Waals surface area contributed by atoms with Crippen LogP contribution in [0.5, 0.6) is 0 Å². The maximum Gasteiger partial charge on any atom is 0.254 e. The predicted molar refractivity (Wildman–Crippen MR) is 83.4 cm³/mol. The Bertz CT molecular complexity index is 530. The number of carbonyl (C=O) groups excluding carboxylic acids is 1. The Balaban J connectivity index is 1.80. The minimum atomic E-state index is 0.00345. The second-order valence-corrected chi connectivity index (χ2v) is 6.44. The van der Waals surface area contributed by atoms with E-state index in [1.807, 2.05) is 4.90 Å². The van der Waals surface area contributed by atoms with Gasteiger partial charge in [-0.05, 0) is 38.4 Å². The molecule has 1 amide bonds. The molecule has 6 heteroatoms. The molecule has 2 N–H and O–H groups in total. The number of hydrogen-bond acceptors (Lipinski definition) is 4. The molecule has 1 aromatic heterocycles. The van der Waals surface area contributed by atoms with Crippen LogP contribution in [0.3, 0.4) is 0 Å². The van der Waals surface area contributed by atoms with Gasteiger partial charge in [-0.15, -0.1) is 0 Å². The highest BCUT2D eigenvalue weighted by molar-refractivity contribution is 6.29. The van der Waals surface area contributed by atoms with E-state index in [4.69, 9.17) is 17.3 Å². The molecular formula is C15H21ClN4O. The number of hydrogen-bond donors (Lipinski definition) is 1. The third-order valence-corrected chi connectivity index (χ3v) is 4.70. The number of halogens is 1. The number of pyridine rings is 1. The van der Waals surface area contributed by atoms with Crippen molar-refractivity contribution in [3.05, 3.63) is 22.8 Å². The van der Waals surface area contributed by atoms with Gasteiger partial charge in [-0.3, -0.25) is 9.69 Å². The Morgan fingerprint density at radius 3 is 2.95 bits per heavy atom. The highest BCUT2D eigenvalue weighted by Gasteiger charge is 2.35. The van der Waals surface area contributed by atoms with Crippen molar-refractivity contribution in [1.29, 1.82) is 0 Å². The van der Waals surface area contributed by atoms with Gasteiger partial charge in [0.1, 0.15) is 11.0 Å². The first kappa shape index (κ1) is 14.6. The number of nitrogen functional groups attached to an aromatic ring is 1. The molecule has 1 aromatic rings.